The maximum Gasteiger partial charge on any atom is 0.165 e. The summed E-state index contributed by atoms with van der Waals surface area (Å²) in [7, 11) is 0. The molecule has 0 aliphatic carbocycles. The van der Waals surface area contributed by atoms with E-state index >= 15 is 0 Å². The molecule has 5 rings (SSSR count). The van der Waals surface area contributed by atoms with Crippen molar-refractivity contribution in [2.24, 2.45) is 0 Å². The third-order valence-electron chi connectivity index (χ3n) is 4.93. The van der Waals surface area contributed by atoms with Gasteiger partial charge in [-0.3, -0.25) is 0 Å². The van der Waals surface area contributed by atoms with Crippen LogP contribution in [-0.4, -0.2) is 23.9 Å². The second-order valence-corrected chi connectivity index (χ2v) is 6.63. The summed E-state index contributed by atoms with van der Waals surface area (Å²) in [5.41, 5.74) is 13.3. The van der Waals surface area contributed by atoms with E-state index in [0.29, 0.717) is 17.9 Å². The van der Waals surface area contributed by atoms with Gasteiger partial charge in [-0.1, -0.05) is 30.3 Å². The largest absolute Gasteiger partial charge is 0.382 e. The molecular formula is C21H18N6. The Balaban J connectivity index is 1.72. The Bertz CT molecular complexity index is 1280. The van der Waals surface area contributed by atoms with E-state index < -0.39 is 0 Å². The molecule has 0 amide bonds. The van der Waals surface area contributed by atoms with Crippen molar-refractivity contribution in [1.29, 1.82) is 0 Å². The quantitative estimate of drug-likeness (QED) is 0.536. The molecule has 0 radical (unpaired) electrons. The number of fused-ring (bicyclic) bond motifs is 2. The van der Waals surface area contributed by atoms with Gasteiger partial charge in [0, 0.05) is 17.3 Å². The molecule has 0 atom stereocenters. The number of aryl methyl sites for hydroxylation is 1. The Morgan fingerprint density at radius 3 is 2.74 bits per heavy atom. The number of hydrogen-bond donors (Lipinski definition) is 1. The predicted octanol–water partition coefficient (Wildman–Crippen LogP) is 3.68. The first-order chi connectivity index (χ1) is 13.2. The summed E-state index contributed by atoms with van der Waals surface area (Å²) in [6.07, 6.45) is 5.36. The average Bonchev–Trinajstić information content (AvgIpc) is 3.25. The molecule has 0 saturated carbocycles. The summed E-state index contributed by atoms with van der Waals surface area (Å²) >= 11 is 0. The van der Waals surface area contributed by atoms with Crippen LogP contribution in [0.15, 0.2) is 67.4 Å². The van der Waals surface area contributed by atoms with E-state index in [1.165, 1.54) is 28.7 Å². The lowest BCUT2D eigenvalue weighted by atomic mass is 10.0. The first-order valence-electron chi connectivity index (χ1n) is 8.78. The molecule has 0 spiro atoms. The smallest absolute Gasteiger partial charge is 0.165 e. The molecule has 0 unspecified atom stereocenters. The van der Waals surface area contributed by atoms with Crippen LogP contribution in [0.3, 0.4) is 0 Å². The second-order valence-electron chi connectivity index (χ2n) is 6.63. The lowest BCUT2D eigenvalue weighted by Crippen LogP contribution is -2.02. The van der Waals surface area contributed by atoms with E-state index in [4.69, 9.17) is 5.73 Å². The highest BCUT2D eigenvalue weighted by atomic mass is 15.1. The van der Waals surface area contributed by atoms with Gasteiger partial charge in [0.1, 0.15) is 11.8 Å². The van der Waals surface area contributed by atoms with Crippen LogP contribution < -0.4 is 5.73 Å². The highest BCUT2D eigenvalue weighted by molar-refractivity contribution is 5.81. The summed E-state index contributed by atoms with van der Waals surface area (Å²) in [4.78, 5) is 12.8. The maximum absolute atomic E-state index is 5.93. The molecule has 6 nitrogen and oxygen atoms in total. The first kappa shape index (κ1) is 15.6. The van der Waals surface area contributed by atoms with Gasteiger partial charge in [-0.15, -0.1) is 0 Å². The number of pyridine rings is 1. The molecule has 4 heterocycles. The van der Waals surface area contributed by atoms with Crippen LogP contribution in [-0.2, 0) is 6.54 Å². The van der Waals surface area contributed by atoms with Gasteiger partial charge in [-0.25, -0.2) is 15.0 Å². The van der Waals surface area contributed by atoms with Crippen LogP contribution >= 0.6 is 0 Å². The lowest BCUT2D eigenvalue weighted by Gasteiger charge is -2.11. The van der Waals surface area contributed by atoms with Crippen molar-refractivity contribution >= 4 is 22.5 Å². The van der Waals surface area contributed by atoms with Crippen LogP contribution in [0.25, 0.3) is 27.9 Å². The minimum absolute atomic E-state index is 0.403. The number of rotatable bonds is 3. The number of benzene rings is 1. The van der Waals surface area contributed by atoms with E-state index in [0.717, 1.165) is 11.2 Å². The fourth-order valence-electron chi connectivity index (χ4n) is 3.64. The molecule has 6 heteroatoms. The van der Waals surface area contributed by atoms with Gasteiger partial charge < -0.3 is 14.7 Å². The van der Waals surface area contributed by atoms with Crippen molar-refractivity contribution in [1.82, 2.24) is 23.9 Å². The number of nitrogens with zero attached hydrogens (tertiary/aromatic N) is 5. The number of anilines is 1. The summed E-state index contributed by atoms with van der Waals surface area (Å²) in [5, 5.41) is 0. The van der Waals surface area contributed by atoms with Crippen LogP contribution in [0, 0.1) is 6.92 Å². The third-order valence-corrected chi connectivity index (χ3v) is 4.93. The molecule has 27 heavy (non-hydrogen) atoms. The molecule has 0 saturated heterocycles. The van der Waals surface area contributed by atoms with Gasteiger partial charge in [0.2, 0.25) is 0 Å². The SMILES string of the molecule is Cc1ccccc1-c1c(Cn2cnc3c(N)ncnc32)cc2ccccn12. The number of imidazole rings is 1. The zero-order chi connectivity index (χ0) is 18.4. The molecule has 5 aromatic rings. The first-order valence-corrected chi connectivity index (χ1v) is 8.78. The average molecular weight is 354 g/mol. The van der Waals surface area contributed by atoms with E-state index in [1.807, 2.05) is 4.57 Å². The number of hydrogen-bond acceptors (Lipinski definition) is 4. The van der Waals surface area contributed by atoms with Gasteiger partial charge in [0.05, 0.1) is 18.6 Å². The summed E-state index contributed by atoms with van der Waals surface area (Å²) in [5.74, 6) is 0.403. The molecule has 0 aliphatic heterocycles. The number of nitrogens with two attached hydrogens (primary N) is 1. The third kappa shape index (κ3) is 2.45. The Labute approximate surface area is 155 Å². The Hall–Kier alpha value is -3.67. The van der Waals surface area contributed by atoms with Gasteiger partial charge in [0.25, 0.3) is 0 Å². The van der Waals surface area contributed by atoms with Gasteiger partial charge in [-0.05, 0) is 36.2 Å². The van der Waals surface area contributed by atoms with E-state index in [-0.39, 0.29) is 0 Å². The summed E-state index contributed by atoms with van der Waals surface area (Å²) in [6.45, 7) is 2.79. The number of nitrogen functional groups attached to an aromatic ring is 1. The van der Waals surface area contributed by atoms with Gasteiger partial charge in [-0.2, -0.15) is 0 Å². The maximum atomic E-state index is 5.93. The molecule has 0 aliphatic rings. The molecule has 0 fully saturated rings. The molecule has 4 aromatic heterocycles. The predicted molar refractivity (Wildman–Crippen MR) is 106 cm³/mol. The van der Waals surface area contributed by atoms with Crippen LogP contribution in [0.1, 0.15) is 11.1 Å². The molecule has 2 N–H and O–H groups in total. The van der Waals surface area contributed by atoms with E-state index in [2.05, 4.69) is 81.0 Å². The zero-order valence-corrected chi connectivity index (χ0v) is 14.9. The Morgan fingerprint density at radius 2 is 1.85 bits per heavy atom. The van der Waals surface area contributed by atoms with Crippen molar-refractivity contribution in [2.45, 2.75) is 13.5 Å². The van der Waals surface area contributed by atoms with E-state index in [9.17, 15) is 0 Å². The summed E-state index contributed by atoms with van der Waals surface area (Å²) in [6, 6.07) is 16.9. The van der Waals surface area contributed by atoms with Crippen molar-refractivity contribution in [2.75, 3.05) is 5.73 Å². The van der Waals surface area contributed by atoms with Gasteiger partial charge >= 0.3 is 0 Å². The second kappa shape index (κ2) is 5.95. The summed E-state index contributed by atoms with van der Waals surface area (Å²) < 4.78 is 4.25. The van der Waals surface area contributed by atoms with Crippen molar-refractivity contribution in [3.8, 4) is 11.3 Å². The lowest BCUT2D eigenvalue weighted by molar-refractivity contribution is 0.814. The fourth-order valence-corrected chi connectivity index (χ4v) is 3.64. The van der Waals surface area contributed by atoms with Crippen molar-refractivity contribution < 1.29 is 0 Å². The standard InChI is InChI=1S/C21H18N6/c1-14-6-2-3-8-17(14)19-15(10-16-7-4-5-9-27(16)19)11-26-13-25-18-20(22)23-12-24-21(18)26/h2-10,12-13H,11H2,1H3,(H2,22,23,24). The minimum Gasteiger partial charge on any atom is -0.382 e. The molecule has 132 valence electrons. The van der Waals surface area contributed by atoms with Crippen molar-refractivity contribution in [3.63, 3.8) is 0 Å². The van der Waals surface area contributed by atoms with Crippen molar-refractivity contribution in [3.05, 3.63) is 78.5 Å². The van der Waals surface area contributed by atoms with Crippen LogP contribution in [0.4, 0.5) is 5.82 Å². The highest BCUT2D eigenvalue weighted by Gasteiger charge is 2.16. The van der Waals surface area contributed by atoms with Crippen LogP contribution in [0.2, 0.25) is 0 Å². The molecular weight excluding hydrogens is 336 g/mol. The monoisotopic (exact) mass is 354 g/mol. The van der Waals surface area contributed by atoms with Gasteiger partial charge in [0.15, 0.2) is 11.5 Å². The Morgan fingerprint density at radius 1 is 1.00 bits per heavy atom. The molecule has 0 bridgehead atoms. The molecule has 1 aromatic carbocycles. The van der Waals surface area contributed by atoms with E-state index in [1.54, 1.807) is 6.33 Å². The fraction of sp³-hybridized carbons (Fsp3) is 0.0952. The zero-order valence-electron chi connectivity index (χ0n) is 14.9. The highest BCUT2D eigenvalue weighted by Crippen LogP contribution is 2.31. The minimum atomic E-state index is 0.403. The normalized spacial score (nSPS) is 11.4. The Kier molecular flexibility index (Phi) is 3.43. The number of aromatic nitrogens is 5. The topological polar surface area (TPSA) is 74.0 Å². The van der Waals surface area contributed by atoms with Crippen LogP contribution in [0.5, 0.6) is 0 Å².